The highest BCUT2D eigenvalue weighted by atomic mass is 79.9. The van der Waals surface area contributed by atoms with Crippen LogP contribution in [0.1, 0.15) is 29.7 Å². The first-order valence-electron chi connectivity index (χ1n) is 10.3. The number of nitrogens with zero attached hydrogens (tertiary/aromatic N) is 2. The van der Waals surface area contributed by atoms with Crippen LogP contribution in [0, 0.1) is 0 Å². The second-order valence-corrected chi connectivity index (χ2v) is 8.74. The van der Waals surface area contributed by atoms with Gasteiger partial charge in [0.25, 0.3) is 11.7 Å². The summed E-state index contributed by atoms with van der Waals surface area (Å²) in [5.41, 5.74) is 1.78. The Morgan fingerprint density at radius 2 is 2.00 bits per heavy atom. The van der Waals surface area contributed by atoms with Crippen LogP contribution in [0.3, 0.4) is 0 Å². The Morgan fingerprint density at radius 1 is 1.18 bits per heavy atom. The highest BCUT2D eigenvalue weighted by molar-refractivity contribution is 9.10. The third-order valence-corrected chi connectivity index (χ3v) is 6.07. The van der Waals surface area contributed by atoms with E-state index in [-0.39, 0.29) is 17.9 Å². The number of aromatic nitrogens is 1. The van der Waals surface area contributed by atoms with E-state index in [1.54, 1.807) is 30.6 Å². The number of ether oxygens (including phenoxy) is 1. The van der Waals surface area contributed by atoms with Gasteiger partial charge in [-0.15, -0.1) is 0 Å². The summed E-state index contributed by atoms with van der Waals surface area (Å²) in [6, 6.07) is 14.9. The van der Waals surface area contributed by atoms with Gasteiger partial charge in [-0.25, -0.2) is 0 Å². The molecule has 0 spiro atoms. The lowest BCUT2D eigenvalue weighted by Crippen LogP contribution is -2.29. The van der Waals surface area contributed by atoms with Gasteiger partial charge < -0.3 is 14.7 Å². The van der Waals surface area contributed by atoms with Crippen molar-refractivity contribution in [2.75, 3.05) is 6.61 Å². The number of benzene rings is 2. The van der Waals surface area contributed by atoms with E-state index in [0.717, 1.165) is 10.0 Å². The fourth-order valence-electron chi connectivity index (χ4n) is 3.83. The third kappa shape index (κ3) is 4.65. The summed E-state index contributed by atoms with van der Waals surface area (Å²) < 4.78 is 6.24. The molecule has 2 heterocycles. The molecule has 1 amide bonds. The van der Waals surface area contributed by atoms with Gasteiger partial charge in [-0.1, -0.05) is 45.7 Å². The van der Waals surface area contributed by atoms with Crippen LogP contribution >= 0.6 is 27.5 Å². The number of likely N-dealkylation sites (tertiary alicyclic amines) is 1. The molecule has 3 aromatic rings. The summed E-state index contributed by atoms with van der Waals surface area (Å²) in [6.45, 7) is 2.44. The molecule has 1 aromatic heterocycles. The molecule has 1 fully saturated rings. The molecule has 0 radical (unpaired) electrons. The number of carbonyl (C=O) groups is 2. The maximum Gasteiger partial charge on any atom is 0.295 e. The summed E-state index contributed by atoms with van der Waals surface area (Å²) >= 11 is 9.75. The number of carbonyl (C=O) groups excluding carboxylic acids is 2. The van der Waals surface area contributed by atoms with Crippen LogP contribution < -0.4 is 4.74 Å². The van der Waals surface area contributed by atoms with E-state index in [2.05, 4.69) is 20.9 Å². The molecule has 1 aliphatic rings. The van der Waals surface area contributed by atoms with Crippen LogP contribution in [0.5, 0.6) is 5.75 Å². The largest absolute Gasteiger partial charge is 0.507 e. The standard InChI is InChI=1S/C25H20BrClN2O4/c1-2-33-20-9-8-17(12-19(20)27)23(30)21-22(16-6-3-7-18(26)11-16)29(25(32)24(21)31)14-15-5-4-10-28-13-15/h3-13,22,30H,2,14H2,1H3/b23-21+/t22-/m0/s1. The van der Waals surface area contributed by atoms with Crippen LogP contribution in [-0.2, 0) is 16.1 Å². The summed E-state index contributed by atoms with van der Waals surface area (Å²) in [5.74, 6) is -1.28. The number of halogens is 2. The summed E-state index contributed by atoms with van der Waals surface area (Å²) in [4.78, 5) is 31.8. The van der Waals surface area contributed by atoms with Crippen molar-refractivity contribution in [1.29, 1.82) is 0 Å². The van der Waals surface area contributed by atoms with Crippen LogP contribution in [0.2, 0.25) is 5.02 Å². The maximum absolute atomic E-state index is 13.1. The molecule has 0 bridgehead atoms. The normalized spacial score (nSPS) is 17.4. The van der Waals surface area contributed by atoms with Crippen molar-refractivity contribution in [3.05, 3.63) is 98.7 Å². The van der Waals surface area contributed by atoms with Gasteiger partial charge in [0.15, 0.2) is 0 Å². The summed E-state index contributed by atoms with van der Waals surface area (Å²) in [7, 11) is 0. The van der Waals surface area contributed by atoms with E-state index < -0.39 is 17.7 Å². The van der Waals surface area contributed by atoms with E-state index in [0.29, 0.717) is 28.5 Å². The van der Waals surface area contributed by atoms with E-state index in [1.807, 2.05) is 37.3 Å². The number of hydrogen-bond acceptors (Lipinski definition) is 5. The van der Waals surface area contributed by atoms with Crippen LogP contribution in [0.4, 0.5) is 0 Å². The summed E-state index contributed by atoms with van der Waals surface area (Å²) in [6.07, 6.45) is 3.28. The zero-order chi connectivity index (χ0) is 23.5. The lowest BCUT2D eigenvalue weighted by atomic mass is 9.95. The van der Waals surface area contributed by atoms with Gasteiger partial charge in [0.2, 0.25) is 0 Å². The number of hydrogen-bond donors (Lipinski definition) is 1. The van der Waals surface area contributed by atoms with Crippen molar-refractivity contribution in [2.24, 2.45) is 0 Å². The van der Waals surface area contributed by atoms with Crippen molar-refractivity contribution < 1.29 is 19.4 Å². The highest BCUT2D eigenvalue weighted by Gasteiger charge is 2.46. The molecule has 0 aliphatic carbocycles. The van der Waals surface area contributed by atoms with E-state index in [4.69, 9.17) is 16.3 Å². The number of rotatable bonds is 6. The van der Waals surface area contributed by atoms with Gasteiger partial charge in [-0.2, -0.15) is 0 Å². The van der Waals surface area contributed by atoms with Crippen LogP contribution in [-0.4, -0.2) is 33.3 Å². The molecule has 33 heavy (non-hydrogen) atoms. The quantitative estimate of drug-likeness (QED) is 0.259. The monoisotopic (exact) mass is 526 g/mol. The fourth-order valence-corrected chi connectivity index (χ4v) is 4.48. The molecule has 4 rings (SSSR count). The van der Waals surface area contributed by atoms with Crippen molar-refractivity contribution in [2.45, 2.75) is 19.5 Å². The Labute approximate surface area is 204 Å². The Kier molecular flexibility index (Phi) is 6.81. The first kappa shape index (κ1) is 23.0. The second-order valence-electron chi connectivity index (χ2n) is 7.42. The number of aliphatic hydroxyl groups excluding tert-OH is 1. The number of pyridine rings is 1. The van der Waals surface area contributed by atoms with Crippen molar-refractivity contribution in [3.63, 3.8) is 0 Å². The first-order valence-corrected chi connectivity index (χ1v) is 11.4. The Bertz CT molecular complexity index is 1250. The molecule has 0 saturated carbocycles. The van der Waals surface area contributed by atoms with Crippen LogP contribution in [0.15, 0.2) is 77.0 Å². The molecule has 6 nitrogen and oxygen atoms in total. The Balaban J connectivity index is 1.85. The third-order valence-electron chi connectivity index (χ3n) is 5.29. The molecule has 2 aromatic carbocycles. The first-order chi connectivity index (χ1) is 15.9. The maximum atomic E-state index is 13.1. The predicted molar refractivity (Wildman–Crippen MR) is 129 cm³/mol. The molecule has 8 heteroatoms. The zero-order valence-corrected chi connectivity index (χ0v) is 20.0. The van der Waals surface area contributed by atoms with Crippen molar-refractivity contribution in [1.82, 2.24) is 9.88 Å². The minimum atomic E-state index is -0.784. The zero-order valence-electron chi connectivity index (χ0n) is 17.7. The van der Waals surface area contributed by atoms with Crippen molar-refractivity contribution >= 4 is 45.0 Å². The van der Waals surface area contributed by atoms with E-state index in [1.165, 1.54) is 11.0 Å². The molecule has 1 N–H and O–H groups in total. The Morgan fingerprint density at radius 3 is 2.67 bits per heavy atom. The number of amides is 1. The lowest BCUT2D eigenvalue weighted by Gasteiger charge is -2.25. The van der Waals surface area contributed by atoms with Gasteiger partial charge in [0.1, 0.15) is 11.5 Å². The van der Waals surface area contributed by atoms with Gasteiger partial charge in [0.05, 0.1) is 23.2 Å². The molecule has 1 aliphatic heterocycles. The highest BCUT2D eigenvalue weighted by Crippen LogP contribution is 2.41. The number of ketones is 1. The van der Waals surface area contributed by atoms with Crippen LogP contribution in [0.25, 0.3) is 5.76 Å². The van der Waals surface area contributed by atoms with Gasteiger partial charge in [-0.05, 0) is 54.4 Å². The lowest BCUT2D eigenvalue weighted by molar-refractivity contribution is -0.140. The van der Waals surface area contributed by atoms with Gasteiger partial charge in [0, 0.05) is 29.0 Å². The van der Waals surface area contributed by atoms with Gasteiger partial charge >= 0.3 is 0 Å². The van der Waals surface area contributed by atoms with E-state index in [9.17, 15) is 14.7 Å². The molecule has 1 saturated heterocycles. The molecule has 168 valence electrons. The smallest absolute Gasteiger partial charge is 0.295 e. The minimum absolute atomic E-state index is 0.00205. The average Bonchev–Trinajstić information content (AvgIpc) is 3.05. The minimum Gasteiger partial charge on any atom is -0.507 e. The number of Topliss-reactive ketones (excluding diaryl/α,β-unsaturated/α-hetero) is 1. The topological polar surface area (TPSA) is 79.7 Å². The Hall–Kier alpha value is -3.16. The average molecular weight is 528 g/mol. The van der Waals surface area contributed by atoms with Crippen molar-refractivity contribution in [3.8, 4) is 5.75 Å². The molecular weight excluding hydrogens is 508 g/mol. The molecule has 0 unspecified atom stereocenters. The molecule has 1 atom stereocenters. The number of aliphatic hydroxyl groups is 1. The second kappa shape index (κ2) is 9.77. The predicted octanol–water partition coefficient (Wildman–Crippen LogP) is 5.52. The molecular formula is C25H20BrClN2O4. The van der Waals surface area contributed by atoms with E-state index >= 15 is 0 Å². The fraction of sp³-hybridized carbons (Fsp3) is 0.160. The summed E-state index contributed by atoms with van der Waals surface area (Å²) in [5, 5.41) is 11.5. The SMILES string of the molecule is CCOc1ccc(/C(O)=C2\C(=O)C(=O)N(Cc3cccnc3)[C@H]2c2cccc(Br)c2)cc1Cl. The van der Waals surface area contributed by atoms with Gasteiger partial charge in [-0.3, -0.25) is 14.6 Å².